The van der Waals surface area contributed by atoms with Gasteiger partial charge in [-0.2, -0.15) is 0 Å². The molecule has 3 nitrogen and oxygen atoms in total. The number of carbonyl (C=O) groups is 3. The molecule has 4 heteroatoms. The summed E-state index contributed by atoms with van der Waals surface area (Å²) in [6.07, 6.45) is 0.437. The van der Waals surface area contributed by atoms with E-state index in [0.717, 1.165) is 0 Å². The van der Waals surface area contributed by atoms with Crippen LogP contribution in [0.25, 0.3) is 0 Å². The van der Waals surface area contributed by atoms with E-state index in [1.54, 1.807) is 0 Å². The quantitative estimate of drug-likeness (QED) is 0.224. The number of hydrogen-bond donors (Lipinski definition) is 0. The van der Waals surface area contributed by atoms with Crippen LogP contribution in [0.5, 0.6) is 0 Å². The van der Waals surface area contributed by atoms with Gasteiger partial charge in [-0.25, -0.2) is 0 Å². The zero-order chi connectivity index (χ0) is 7.56. The van der Waals surface area contributed by atoms with Crippen molar-refractivity contribution in [3.63, 3.8) is 0 Å². The summed E-state index contributed by atoms with van der Waals surface area (Å²) in [7, 11) is 0. The second-order valence-electron chi connectivity index (χ2n) is 2.47. The summed E-state index contributed by atoms with van der Waals surface area (Å²) in [6, 6.07) is 0. The van der Waals surface area contributed by atoms with Crippen LogP contribution in [0.3, 0.4) is 0 Å². The molecular weight excluding hydrogens is 155 g/mol. The van der Waals surface area contributed by atoms with Gasteiger partial charge in [0.2, 0.25) is 0 Å². The Bertz CT molecular complexity index is 183. The van der Waals surface area contributed by atoms with Crippen molar-refractivity contribution in [3.8, 4) is 0 Å². The second-order valence-corrected chi connectivity index (χ2v) is 2.47. The van der Waals surface area contributed by atoms with Crippen molar-refractivity contribution in [2.24, 2.45) is 0 Å². The summed E-state index contributed by atoms with van der Waals surface area (Å²) < 4.78 is 0. The fourth-order valence-electron chi connectivity index (χ4n) is 0.958. The largest absolute Gasteiger partial charge is 1.00 e. The standard InChI is InChI=1S/C7H8O3.Na.H/c8-5-1-2-6(9)4-7(10)3-5;;/h1-4H2;;/q;+1;-1. The molecule has 0 spiro atoms. The molecule has 1 aliphatic rings. The van der Waals surface area contributed by atoms with Crippen LogP contribution >= 0.6 is 0 Å². The molecule has 0 aromatic carbocycles. The summed E-state index contributed by atoms with van der Waals surface area (Å²) in [4.78, 5) is 32.0. The maximum atomic E-state index is 10.7. The maximum absolute atomic E-state index is 10.7. The molecule has 1 rings (SSSR count). The molecule has 11 heavy (non-hydrogen) atoms. The van der Waals surface area contributed by atoms with Crippen molar-refractivity contribution in [2.45, 2.75) is 25.7 Å². The molecule has 1 aliphatic carbocycles. The predicted molar refractivity (Wildman–Crippen MR) is 34.6 cm³/mol. The Hall–Kier alpha value is 0.0100. The number of carbonyl (C=O) groups excluding carboxylic acids is 3. The molecule has 0 N–H and O–H groups in total. The molecule has 0 aromatic heterocycles. The summed E-state index contributed by atoms with van der Waals surface area (Å²) in [6.45, 7) is 0. The van der Waals surface area contributed by atoms with Crippen LogP contribution in [-0.4, -0.2) is 17.3 Å². The summed E-state index contributed by atoms with van der Waals surface area (Å²) in [5.41, 5.74) is 0. The minimum Gasteiger partial charge on any atom is -1.00 e. The number of Topliss-reactive ketones (excluding diaryl/α,β-unsaturated/α-hetero) is 3. The van der Waals surface area contributed by atoms with Crippen LogP contribution in [0.15, 0.2) is 0 Å². The molecule has 0 unspecified atom stereocenters. The van der Waals surface area contributed by atoms with Crippen LogP contribution in [0.2, 0.25) is 0 Å². The third kappa shape index (κ3) is 3.79. The third-order valence-corrected chi connectivity index (χ3v) is 1.47. The van der Waals surface area contributed by atoms with E-state index >= 15 is 0 Å². The van der Waals surface area contributed by atoms with E-state index in [4.69, 9.17) is 0 Å². The molecule has 0 aromatic rings. The minimum absolute atomic E-state index is 0. The molecule has 1 fully saturated rings. The van der Waals surface area contributed by atoms with Gasteiger partial charge in [0, 0.05) is 12.8 Å². The minimum atomic E-state index is -0.229. The Morgan fingerprint density at radius 2 is 1.18 bits per heavy atom. The van der Waals surface area contributed by atoms with E-state index in [9.17, 15) is 14.4 Å². The molecule has 0 saturated heterocycles. The Morgan fingerprint density at radius 1 is 0.818 bits per heavy atom. The zero-order valence-electron chi connectivity index (χ0n) is 7.55. The van der Waals surface area contributed by atoms with Crippen molar-refractivity contribution in [1.29, 1.82) is 0 Å². The van der Waals surface area contributed by atoms with Crippen LogP contribution in [0, 0.1) is 0 Å². The Balaban J connectivity index is 0. The van der Waals surface area contributed by atoms with Crippen molar-refractivity contribution < 1.29 is 45.4 Å². The fraction of sp³-hybridized carbons (Fsp3) is 0.571. The first kappa shape index (κ1) is 11.0. The Morgan fingerprint density at radius 3 is 1.55 bits per heavy atom. The average Bonchev–Trinajstić information content (AvgIpc) is 1.93. The van der Waals surface area contributed by atoms with E-state index in [1.165, 1.54) is 0 Å². The van der Waals surface area contributed by atoms with Gasteiger partial charge in [0.1, 0.15) is 17.3 Å². The molecule has 0 aliphatic heterocycles. The average molecular weight is 164 g/mol. The Labute approximate surface area is 88.3 Å². The number of rotatable bonds is 0. The van der Waals surface area contributed by atoms with Crippen molar-refractivity contribution in [1.82, 2.24) is 0 Å². The summed E-state index contributed by atoms with van der Waals surface area (Å²) in [5, 5.41) is 0. The first-order valence-corrected chi connectivity index (χ1v) is 3.23. The summed E-state index contributed by atoms with van der Waals surface area (Å²) in [5.74, 6) is -0.431. The monoisotopic (exact) mass is 164 g/mol. The molecular formula is C7H9NaO3. The molecule has 1 saturated carbocycles. The van der Waals surface area contributed by atoms with Gasteiger partial charge in [0.05, 0.1) is 12.8 Å². The van der Waals surface area contributed by atoms with Gasteiger partial charge in [-0.3, -0.25) is 14.4 Å². The first-order valence-electron chi connectivity index (χ1n) is 3.23. The number of ketones is 3. The zero-order valence-corrected chi connectivity index (χ0v) is 8.55. The topological polar surface area (TPSA) is 51.2 Å². The fourth-order valence-corrected chi connectivity index (χ4v) is 0.958. The van der Waals surface area contributed by atoms with E-state index < -0.39 is 0 Å². The van der Waals surface area contributed by atoms with Gasteiger partial charge in [-0.1, -0.05) is 0 Å². The van der Waals surface area contributed by atoms with Crippen molar-refractivity contribution >= 4 is 17.3 Å². The smallest absolute Gasteiger partial charge is 1.00 e. The van der Waals surface area contributed by atoms with Gasteiger partial charge in [-0.05, 0) is 0 Å². The molecule has 0 bridgehead atoms. The van der Waals surface area contributed by atoms with Gasteiger partial charge >= 0.3 is 29.6 Å². The predicted octanol–water partition coefficient (Wildman–Crippen LogP) is -2.62. The molecule has 0 amide bonds. The Kier molecular flexibility index (Phi) is 4.81. The van der Waals surface area contributed by atoms with Gasteiger partial charge in [-0.15, -0.1) is 0 Å². The third-order valence-electron chi connectivity index (χ3n) is 1.47. The molecule has 0 heterocycles. The second kappa shape index (κ2) is 4.80. The molecule has 0 radical (unpaired) electrons. The van der Waals surface area contributed by atoms with Crippen LogP contribution < -0.4 is 29.6 Å². The van der Waals surface area contributed by atoms with E-state index in [0.29, 0.717) is 0 Å². The van der Waals surface area contributed by atoms with Gasteiger partial charge in [0.15, 0.2) is 0 Å². The van der Waals surface area contributed by atoms with Gasteiger partial charge < -0.3 is 1.43 Å². The van der Waals surface area contributed by atoms with E-state index in [2.05, 4.69) is 0 Å². The maximum Gasteiger partial charge on any atom is 1.00 e. The normalized spacial score (nSPS) is 19.1. The molecule has 56 valence electrons. The van der Waals surface area contributed by atoms with Crippen molar-refractivity contribution in [3.05, 3.63) is 0 Å². The molecule has 0 atom stereocenters. The van der Waals surface area contributed by atoms with Crippen molar-refractivity contribution in [2.75, 3.05) is 0 Å². The first-order chi connectivity index (χ1) is 4.68. The summed E-state index contributed by atoms with van der Waals surface area (Å²) >= 11 is 0. The van der Waals surface area contributed by atoms with Crippen LogP contribution in [0.4, 0.5) is 0 Å². The van der Waals surface area contributed by atoms with Gasteiger partial charge in [0.25, 0.3) is 0 Å². The van der Waals surface area contributed by atoms with E-state index in [1.807, 2.05) is 0 Å². The van der Waals surface area contributed by atoms with E-state index in [-0.39, 0.29) is 74.0 Å². The number of hydrogen-bond acceptors (Lipinski definition) is 3. The van der Waals surface area contributed by atoms with Crippen LogP contribution in [0.1, 0.15) is 27.1 Å². The SMILES string of the molecule is O=C1CCC(=O)CC(=O)C1.[H-].[Na+]. The van der Waals surface area contributed by atoms with Crippen LogP contribution in [-0.2, 0) is 14.4 Å².